The molecule has 0 aliphatic carbocycles. The van der Waals surface area contributed by atoms with Crippen LogP contribution in [0.4, 0.5) is 0 Å². The van der Waals surface area contributed by atoms with Crippen LogP contribution in [-0.2, 0) is 17.9 Å². The van der Waals surface area contributed by atoms with Gasteiger partial charge in [0.05, 0.1) is 0 Å². The van der Waals surface area contributed by atoms with Crippen LogP contribution in [0.5, 0.6) is 0 Å². The Morgan fingerprint density at radius 1 is 0.875 bits per heavy atom. The van der Waals surface area contributed by atoms with Crippen LogP contribution in [0.25, 0.3) is 0 Å². The summed E-state index contributed by atoms with van der Waals surface area (Å²) in [6.45, 7) is 5.11. The number of likely N-dealkylation sites (tertiary alicyclic amines) is 2. The summed E-state index contributed by atoms with van der Waals surface area (Å²) in [5.41, 5.74) is 3.21. The highest BCUT2D eigenvalue weighted by Crippen LogP contribution is 2.21. The molecule has 0 radical (unpaired) electrons. The van der Waals surface area contributed by atoms with Crippen LogP contribution in [0, 0.1) is 5.92 Å². The minimum atomic E-state index is -0.0294. The zero-order valence-corrected chi connectivity index (χ0v) is 20.1. The minimum absolute atomic E-state index is 0.0294. The van der Waals surface area contributed by atoms with Crippen molar-refractivity contribution in [3.05, 3.63) is 69.7 Å². The van der Waals surface area contributed by atoms with E-state index in [-0.39, 0.29) is 17.7 Å². The first-order chi connectivity index (χ1) is 15.6. The number of nitrogens with zero attached hydrogens (tertiary/aromatic N) is 2. The normalized spacial score (nSPS) is 17.8. The van der Waals surface area contributed by atoms with Crippen molar-refractivity contribution in [3.63, 3.8) is 0 Å². The van der Waals surface area contributed by atoms with Gasteiger partial charge < -0.3 is 10.2 Å². The van der Waals surface area contributed by atoms with Gasteiger partial charge in [-0.15, -0.1) is 0 Å². The van der Waals surface area contributed by atoms with E-state index in [0.717, 1.165) is 24.1 Å². The summed E-state index contributed by atoms with van der Waals surface area (Å²) < 4.78 is 0.960. The van der Waals surface area contributed by atoms with Crippen LogP contribution >= 0.6 is 15.9 Å². The topological polar surface area (TPSA) is 52.7 Å². The third-order valence-electron chi connectivity index (χ3n) is 6.66. The van der Waals surface area contributed by atoms with Crippen LogP contribution in [-0.4, -0.2) is 47.8 Å². The first-order valence-electron chi connectivity index (χ1n) is 11.7. The van der Waals surface area contributed by atoms with Crippen molar-refractivity contribution >= 4 is 27.7 Å². The molecule has 4 rings (SSSR count). The van der Waals surface area contributed by atoms with E-state index in [4.69, 9.17) is 0 Å². The molecule has 1 N–H and O–H groups in total. The third kappa shape index (κ3) is 5.99. The number of amides is 2. The lowest BCUT2D eigenvalue weighted by molar-refractivity contribution is -0.126. The summed E-state index contributed by atoms with van der Waals surface area (Å²) in [7, 11) is 0. The van der Waals surface area contributed by atoms with Crippen molar-refractivity contribution < 1.29 is 9.59 Å². The highest BCUT2D eigenvalue weighted by atomic mass is 79.9. The molecule has 2 aromatic rings. The van der Waals surface area contributed by atoms with E-state index in [9.17, 15) is 9.59 Å². The van der Waals surface area contributed by atoms with Gasteiger partial charge in [0.2, 0.25) is 5.91 Å². The average molecular weight is 498 g/mol. The molecule has 2 aromatic carbocycles. The molecule has 0 spiro atoms. The second-order valence-electron chi connectivity index (χ2n) is 8.90. The number of halogens is 1. The molecule has 32 heavy (non-hydrogen) atoms. The molecule has 0 aromatic heterocycles. The Hall–Kier alpha value is -2.18. The maximum absolute atomic E-state index is 12.8. The van der Waals surface area contributed by atoms with Crippen molar-refractivity contribution in [2.75, 3.05) is 26.2 Å². The van der Waals surface area contributed by atoms with E-state index in [1.165, 1.54) is 30.4 Å². The summed E-state index contributed by atoms with van der Waals surface area (Å²) in [5.74, 6) is 0.120. The zero-order valence-electron chi connectivity index (χ0n) is 18.6. The molecule has 2 aliphatic heterocycles. The van der Waals surface area contributed by atoms with Crippen molar-refractivity contribution in [2.45, 2.75) is 45.2 Å². The van der Waals surface area contributed by atoms with Gasteiger partial charge in [-0.3, -0.25) is 14.5 Å². The van der Waals surface area contributed by atoms with Gasteiger partial charge in [0.1, 0.15) is 0 Å². The highest BCUT2D eigenvalue weighted by Gasteiger charge is 2.27. The van der Waals surface area contributed by atoms with Gasteiger partial charge in [-0.05, 0) is 74.2 Å². The van der Waals surface area contributed by atoms with Crippen LogP contribution < -0.4 is 5.32 Å². The molecule has 6 heteroatoms. The molecule has 0 atom stereocenters. The Morgan fingerprint density at radius 3 is 2.22 bits per heavy atom. The first-order valence-corrected chi connectivity index (χ1v) is 12.5. The van der Waals surface area contributed by atoms with Crippen LogP contribution in [0.15, 0.2) is 53.0 Å². The maximum Gasteiger partial charge on any atom is 0.253 e. The molecule has 2 amide bonds. The molecule has 2 fully saturated rings. The van der Waals surface area contributed by atoms with Crippen molar-refractivity contribution in [2.24, 2.45) is 5.92 Å². The monoisotopic (exact) mass is 497 g/mol. The van der Waals surface area contributed by atoms with E-state index in [0.29, 0.717) is 38.0 Å². The maximum atomic E-state index is 12.8. The molecule has 0 saturated carbocycles. The van der Waals surface area contributed by atoms with Crippen molar-refractivity contribution in [1.29, 1.82) is 0 Å². The summed E-state index contributed by atoms with van der Waals surface area (Å²) in [6, 6.07) is 15.9. The Bertz CT molecular complexity index is 917. The Morgan fingerprint density at radius 2 is 1.53 bits per heavy atom. The van der Waals surface area contributed by atoms with Crippen molar-refractivity contribution in [1.82, 2.24) is 15.1 Å². The van der Waals surface area contributed by atoms with Crippen LogP contribution in [0.1, 0.15) is 53.6 Å². The molecule has 2 heterocycles. The Kier molecular flexibility index (Phi) is 7.98. The summed E-state index contributed by atoms with van der Waals surface area (Å²) in [5, 5.41) is 3.16. The Labute approximate surface area is 199 Å². The molecule has 2 aliphatic rings. The molecule has 5 nitrogen and oxygen atoms in total. The largest absolute Gasteiger partial charge is 0.352 e. The molecular formula is C26H32BrN3O2. The van der Waals surface area contributed by atoms with Gasteiger partial charge >= 0.3 is 0 Å². The number of rotatable bonds is 6. The van der Waals surface area contributed by atoms with E-state index >= 15 is 0 Å². The second kappa shape index (κ2) is 11.1. The Balaban J connectivity index is 1.26. The average Bonchev–Trinajstić information content (AvgIpc) is 2.84. The van der Waals surface area contributed by atoms with Crippen molar-refractivity contribution in [3.8, 4) is 0 Å². The molecular weight excluding hydrogens is 466 g/mol. The van der Waals surface area contributed by atoms with Gasteiger partial charge in [-0.1, -0.05) is 46.6 Å². The molecule has 2 saturated heterocycles. The van der Waals surface area contributed by atoms with Gasteiger partial charge in [-0.2, -0.15) is 0 Å². The van der Waals surface area contributed by atoms with Gasteiger partial charge in [0, 0.05) is 42.1 Å². The van der Waals surface area contributed by atoms with E-state index in [1.807, 2.05) is 35.2 Å². The summed E-state index contributed by atoms with van der Waals surface area (Å²) in [4.78, 5) is 29.9. The van der Waals surface area contributed by atoms with E-state index in [2.05, 4.69) is 44.3 Å². The first kappa shape index (κ1) is 23.0. The quantitative estimate of drug-likeness (QED) is 0.634. The molecule has 0 unspecified atom stereocenters. The fourth-order valence-corrected chi connectivity index (χ4v) is 4.95. The number of hydrogen-bond donors (Lipinski definition) is 1. The number of carbonyl (C=O) groups excluding carboxylic acids is 2. The highest BCUT2D eigenvalue weighted by molar-refractivity contribution is 9.10. The third-order valence-corrected chi connectivity index (χ3v) is 7.19. The lowest BCUT2D eigenvalue weighted by Crippen LogP contribution is -2.43. The molecule has 0 bridgehead atoms. The minimum Gasteiger partial charge on any atom is -0.352 e. The van der Waals surface area contributed by atoms with Crippen LogP contribution in [0.2, 0.25) is 0 Å². The number of benzene rings is 2. The predicted molar refractivity (Wildman–Crippen MR) is 130 cm³/mol. The number of nitrogens with one attached hydrogen (secondary N) is 1. The zero-order chi connectivity index (χ0) is 22.3. The number of carbonyl (C=O) groups is 2. The predicted octanol–water partition coefficient (Wildman–Crippen LogP) is 4.60. The van der Waals surface area contributed by atoms with E-state index < -0.39 is 0 Å². The van der Waals surface area contributed by atoms with E-state index in [1.54, 1.807) is 0 Å². The summed E-state index contributed by atoms with van der Waals surface area (Å²) >= 11 is 3.40. The number of hydrogen-bond acceptors (Lipinski definition) is 3. The number of piperidine rings is 2. The molecule has 170 valence electrons. The van der Waals surface area contributed by atoms with Gasteiger partial charge in [-0.25, -0.2) is 0 Å². The second-order valence-corrected chi connectivity index (χ2v) is 9.81. The fraction of sp³-hybridized carbons (Fsp3) is 0.462. The smallest absolute Gasteiger partial charge is 0.253 e. The fourth-order valence-electron chi connectivity index (χ4n) is 4.69. The standard InChI is InChI=1S/C26H32BrN3O2/c27-24-10-8-21(9-11-24)26(32)30-16-12-20(13-17-30)25(31)28-18-22-6-2-3-7-23(22)19-29-14-4-1-5-15-29/h2-3,6-11,20H,1,4-5,12-19H2,(H,28,31). The van der Waals surface area contributed by atoms with Gasteiger partial charge in [0.25, 0.3) is 5.91 Å². The summed E-state index contributed by atoms with van der Waals surface area (Å²) in [6.07, 6.45) is 5.32. The van der Waals surface area contributed by atoms with Gasteiger partial charge in [0.15, 0.2) is 0 Å². The SMILES string of the molecule is O=C(NCc1ccccc1CN1CCCCC1)C1CCN(C(=O)c2ccc(Br)cc2)CC1. The lowest BCUT2D eigenvalue weighted by atomic mass is 9.95. The van der Waals surface area contributed by atoms with Crippen LogP contribution in [0.3, 0.4) is 0 Å². The lowest BCUT2D eigenvalue weighted by Gasteiger charge is -2.31.